The summed E-state index contributed by atoms with van der Waals surface area (Å²) in [5.41, 5.74) is 2.82. The lowest BCUT2D eigenvalue weighted by Gasteiger charge is -2.34. The maximum atomic E-state index is 13.3. The van der Waals surface area contributed by atoms with Crippen LogP contribution in [0.2, 0.25) is 0 Å². The van der Waals surface area contributed by atoms with E-state index in [2.05, 4.69) is 20.9 Å². The van der Waals surface area contributed by atoms with Gasteiger partial charge in [-0.05, 0) is 24.6 Å². The number of fused-ring (bicyclic) bond motifs is 1. The average molecular weight is 565 g/mol. The monoisotopic (exact) mass is 564 g/mol. The van der Waals surface area contributed by atoms with Gasteiger partial charge in [0.2, 0.25) is 11.8 Å². The average Bonchev–Trinajstić information content (AvgIpc) is 3.09. The number of hydrogen-bond acceptors (Lipinski definition) is 8. The van der Waals surface area contributed by atoms with Gasteiger partial charge in [0.1, 0.15) is 6.04 Å². The SMILES string of the molecule is CCOC(=O)N1CCN(CC(=O)Nc2cc3c(cc2N2CCOCC2)C(=O)NC(Cc2ccccc2)C(=O)N3)CC1. The first-order valence-electron chi connectivity index (χ1n) is 14.0. The van der Waals surface area contributed by atoms with E-state index in [1.807, 2.05) is 35.2 Å². The van der Waals surface area contributed by atoms with E-state index in [-0.39, 0.29) is 30.4 Å². The van der Waals surface area contributed by atoms with Gasteiger partial charge in [-0.1, -0.05) is 30.3 Å². The zero-order chi connectivity index (χ0) is 28.8. The predicted molar refractivity (Wildman–Crippen MR) is 153 cm³/mol. The molecule has 218 valence electrons. The van der Waals surface area contributed by atoms with Crippen LogP contribution in [0.5, 0.6) is 0 Å². The molecule has 0 spiro atoms. The second kappa shape index (κ2) is 13.0. The highest BCUT2D eigenvalue weighted by Crippen LogP contribution is 2.34. The summed E-state index contributed by atoms with van der Waals surface area (Å²) < 4.78 is 10.6. The Bertz CT molecular complexity index is 1270. The smallest absolute Gasteiger partial charge is 0.409 e. The lowest BCUT2D eigenvalue weighted by atomic mass is 10.1. The summed E-state index contributed by atoms with van der Waals surface area (Å²) in [4.78, 5) is 57.3. The van der Waals surface area contributed by atoms with Crippen molar-refractivity contribution in [2.24, 2.45) is 0 Å². The van der Waals surface area contributed by atoms with Crippen molar-refractivity contribution in [2.45, 2.75) is 19.4 Å². The third-order valence-electron chi connectivity index (χ3n) is 7.43. The molecule has 5 rings (SSSR count). The number of anilines is 3. The first-order chi connectivity index (χ1) is 19.9. The van der Waals surface area contributed by atoms with Crippen LogP contribution in [0, 0.1) is 0 Å². The van der Waals surface area contributed by atoms with Crippen LogP contribution < -0.4 is 20.9 Å². The predicted octanol–water partition coefficient (Wildman–Crippen LogP) is 1.53. The molecule has 0 saturated carbocycles. The Morgan fingerprint density at radius 3 is 2.46 bits per heavy atom. The molecule has 12 nitrogen and oxygen atoms in total. The van der Waals surface area contributed by atoms with Gasteiger partial charge >= 0.3 is 6.09 Å². The fourth-order valence-electron chi connectivity index (χ4n) is 5.26. The fraction of sp³-hybridized carbons (Fsp3) is 0.448. The van der Waals surface area contributed by atoms with E-state index in [4.69, 9.17) is 9.47 Å². The Kier molecular flexibility index (Phi) is 9.00. The Balaban J connectivity index is 1.32. The molecule has 0 aliphatic carbocycles. The third-order valence-corrected chi connectivity index (χ3v) is 7.43. The fourth-order valence-corrected chi connectivity index (χ4v) is 5.26. The highest BCUT2D eigenvalue weighted by molar-refractivity contribution is 6.12. The number of hydrogen-bond donors (Lipinski definition) is 3. The second-order valence-corrected chi connectivity index (χ2v) is 10.2. The van der Waals surface area contributed by atoms with Crippen molar-refractivity contribution in [3.63, 3.8) is 0 Å². The number of carbonyl (C=O) groups excluding carboxylic acids is 4. The van der Waals surface area contributed by atoms with Gasteiger partial charge in [0.15, 0.2) is 0 Å². The summed E-state index contributed by atoms with van der Waals surface area (Å²) in [6.07, 6.45) is 0.0178. The van der Waals surface area contributed by atoms with Crippen LogP contribution in [0.1, 0.15) is 22.8 Å². The number of nitrogens with zero attached hydrogens (tertiary/aromatic N) is 3. The topological polar surface area (TPSA) is 133 Å². The van der Waals surface area contributed by atoms with Gasteiger partial charge in [0, 0.05) is 45.7 Å². The van der Waals surface area contributed by atoms with Crippen LogP contribution in [-0.4, -0.2) is 105 Å². The maximum absolute atomic E-state index is 13.3. The summed E-state index contributed by atoms with van der Waals surface area (Å²) in [5.74, 6) is -0.904. The van der Waals surface area contributed by atoms with Gasteiger partial charge in [-0.25, -0.2) is 4.79 Å². The zero-order valence-electron chi connectivity index (χ0n) is 23.2. The van der Waals surface area contributed by atoms with Crippen molar-refractivity contribution in [3.05, 3.63) is 53.6 Å². The molecule has 12 heteroatoms. The number of rotatable bonds is 7. The largest absolute Gasteiger partial charge is 0.450 e. The van der Waals surface area contributed by atoms with Crippen molar-refractivity contribution in [3.8, 4) is 0 Å². The minimum atomic E-state index is -0.740. The molecule has 0 radical (unpaired) electrons. The molecule has 41 heavy (non-hydrogen) atoms. The molecule has 2 fully saturated rings. The highest BCUT2D eigenvalue weighted by atomic mass is 16.6. The second-order valence-electron chi connectivity index (χ2n) is 10.2. The molecule has 3 aliphatic rings. The van der Waals surface area contributed by atoms with Crippen LogP contribution in [0.4, 0.5) is 21.9 Å². The molecule has 0 bridgehead atoms. The van der Waals surface area contributed by atoms with Gasteiger partial charge in [-0.15, -0.1) is 0 Å². The van der Waals surface area contributed by atoms with Crippen LogP contribution in [0.3, 0.4) is 0 Å². The summed E-state index contributed by atoms with van der Waals surface area (Å²) in [5, 5.41) is 8.78. The van der Waals surface area contributed by atoms with Crippen LogP contribution in [-0.2, 0) is 25.5 Å². The van der Waals surface area contributed by atoms with Crippen LogP contribution in [0.25, 0.3) is 0 Å². The Morgan fingerprint density at radius 1 is 1.02 bits per heavy atom. The van der Waals surface area contributed by atoms with Crippen molar-refractivity contribution < 1.29 is 28.7 Å². The summed E-state index contributed by atoms with van der Waals surface area (Å²) >= 11 is 0. The molecule has 2 aromatic rings. The summed E-state index contributed by atoms with van der Waals surface area (Å²) in [6.45, 7) is 6.54. The van der Waals surface area contributed by atoms with Gasteiger partial charge in [0.25, 0.3) is 5.91 Å². The lowest BCUT2D eigenvalue weighted by Crippen LogP contribution is -2.50. The highest BCUT2D eigenvalue weighted by Gasteiger charge is 2.31. The zero-order valence-corrected chi connectivity index (χ0v) is 23.2. The van der Waals surface area contributed by atoms with Crippen molar-refractivity contribution >= 4 is 40.9 Å². The maximum Gasteiger partial charge on any atom is 0.409 e. The Labute approximate surface area is 238 Å². The van der Waals surface area contributed by atoms with Crippen molar-refractivity contribution in [2.75, 3.05) is 81.2 Å². The van der Waals surface area contributed by atoms with E-state index in [1.54, 1.807) is 24.0 Å². The number of piperazine rings is 1. The first kappa shape index (κ1) is 28.4. The molecular weight excluding hydrogens is 528 g/mol. The Hall–Kier alpha value is -4.16. The normalized spacial score (nSPS) is 19.5. The number of carbonyl (C=O) groups is 4. The molecule has 2 saturated heterocycles. The van der Waals surface area contributed by atoms with Crippen molar-refractivity contribution in [1.29, 1.82) is 0 Å². The first-order valence-corrected chi connectivity index (χ1v) is 14.0. The minimum absolute atomic E-state index is 0.141. The number of morpholine rings is 1. The standard InChI is InChI=1S/C29H36N6O6/c1-2-41-29(39)35-10-8-33(9-11-35)19-26(36)30-23-18-22-21(17-25(23)34-12-14-40-15-13-34)27(37)32-24(28(38)31-22)16-20-6-4-3-5-7-20/h3-7,17-18,24H,2,8-16,19H2,1H3,(H,30,36)(H,31,38)(H,32,37). The number of ether oxygens (including phenoxy) is 2. The van der Waals surface area contributed by atoms with Gasteiger partial charge < -0.3 is 35.2 Å². The minimum Gasteiger partial charge on any atom is -0.450 e. The van der Waals surface area contributed by atoms with Crippen LogP contribution >= 0.6 is 0 Å². The van der Waals surface area contributed by atoms with E-state index < -0.39 is 6.04 Å². The van der Waals surface area contributed by atoms with E-state index in [9.17, 15) is 19.2 Å². The lowest BCUT2D eigenvalue weighted by molar-refractivity contribution is -0.118. The molecule has 3 N–H and O–H groups in total. The molecular formula is C29H36N6O6. The van der Waals surface area contributed by atoms with Gasteiger partial charge in [-0.3, -0.25) is 19.3 Å². The molecule has 2 aromatic carbocycles. The number of nitrogens with one attached hydrogen (secondary N) is 3. The van der Waals surface area contributed by atoms with E-state index >= 15 is 0 Å². The molecule has 1 unspecified atom stereocenters. The molecule has 0 aromatic heterocycles. The molecule has 4 amide bonds. The summed E-state index contributed by atoms with van der Waals surface area (Å²) in [6, 6.07) is 12.2. The van der Waals surface area contributed by atoms with Gasteiger partial charge in [-0.2, -0.15) is 0 Å². The Morgan fingerprint density at radius 2 is 1.76 bits per heavy atom. The number of amides is 4. The van der Waals surface area contributed by atoms with E-state index in [1.165, 1.54) is 0 Å². The quantitative estimate of drug-likeness (QED) is 0.461. The van der Waals surface area contributed by atoms with Crippen LogP contribution in [0.15, 0.2) is 42.5 Å². The number of benzene rings is 2. The molecule has 3 aliphatic heterocycles. The third kappa shape index (κ3) is 6.95. The summed E-state index contributed by atoms with van der Waals surface area (Å²) in [7, 11) is 0. The molecule has 3 heterocycles. The van der Waals surface area contributed by atoms with E-state index in [0.717, 1.165) is 5.56 Å². The van der Waals surface area contributed by atoms with Gasteiger partial charge in [0.05, 0.1) is 49.0 Å². The molecule has 1 atom stereocenters. The van der Waals surface area contributed by atoms with E-state index in [0.29, 0.717) is 88.1 Å². The van der Waals surface area contributed by atoms with Crippen molar-refractivity contribution in [1.82, 2.24) is 15.1 Å².